The van der Waals surface area contributed by atoms with Gasteiger partial charge >= 0.3 is 0 Å². The highest BCUT2D eigenvalue weighted by molar-refractivity contribution is 6.30. The number of fused-ring (bicyclic) bond motifs is 1. The van der Waals surface area contributed by atoms with E-state index in [4.69, 9.17) is 30.8 Å². The summed E-state index contributed by atoms with van der Waals surface area (Å²) in [5.74, 6) is 2.92. The number of nitrogens with one attached hydrogen (secondary N) is 1. The minimum Gasteiger partial charge on any atom is -0.493 e. The first-order valence-corrected chi connectivity index (χ1v) is 12.4. The maximum atomic E-state index is 12.1. The van der Waals surface area contributed by atoms with E-state index in [1.54, 1.807) is 31.4 Å². The normalized spacial score (nSPS) is 10.8. The highest BCUT2D eigenvalue weighted by Gasteiger charge is 2.11. The number of hydrogen-bond donors (Lipinski definition) is 1. The summed E-state index contributed by atoms with van der Waals surface area (Å²) in [6, 6.07) is 22.7. The van der Waals surface area contributed by atoms with E-state index in [9.17, 15) is 4.79 Å². The van der Waals surface area contributed by atoms with Crippen LogP contribution in [0.1, 0.15) is 18.7 Å². The van der Waals surface area contributed by atoms with Gasteiger partial charge in [-0.05, 0) is 61.4 Å². The molecule has 1 aromatic heterocycles. The van der Waals surface area contributed by atoms with Crippen molar-refractivity contribution in [2.24, 2.45) is 0 Å². The Balaban J connectivity index is 1.26. The SMILES string of the molecule is COc1ccccc1OCCCn1c(CCCNC(=O)COc2ccc(Cl)cc2)nc2ccccc21. The summed E-state index contributed by atoms with van der Waals surface area (Å²) in [5.41, 5.74) is 2.07. The zero-order valence-electron chi connectivity index (χ0n) is 20.3. The Hall–Kier alpha value is -3.71. The lowest BCUT2D eigenvalue weighted by atomic mass is 10.2. The van der Waals surface area contributed by atoms with E-state index in [0.717, 1.165) is 54.2 Å². The van der Waals surface area contributed by atoms with Crippen molar-refractivity contribution in [1.29, 1.82) is 0 Å². The second kappa shape index (κ2) is 12.8. The van der Waals surface area contributed by atoms with Crippen LogP contribution in [0.3, 0.4) is 0 Å². The van der Waals surface area contributed by atoms with Gasteiger partial charge in [-0.3, -0.25) is 4.79 Å². The molecule has 0 aliphatic heterocycles. The topological polar surface area (TPSA) is 74.6 Å². The Kier molecular flexibility index (Phi) is 9.05. The fourth-order valence-corrected chi connectivity index (χ4v) is 4.04. The molecular weight excluding hydrogens is 478 g/mol. The standard InChI is InChI=1S/C28H30ClN3O4/c1-34-25-10-4-5-11-26(25)35-19-7-18-32-24-9-3-2-8-23(24)31-27(32)12-6-17-30-28(33)20-36-22-15-13-21(29)14-16-22/h2-5,8-11,13-16H,6-7,12,17-20H2,1H3,(H,30,33). The summed E-state index contributed by atoms with van der Waals surface area (Å²) < 4.78 is 19.0. The maximum absolute atomic E-state index is 12.1. The fraction of sp³-hybridized carbons (Fsp3) is 0.286. The van der Waals surface area contributed by atoms with Crippen molar-refractivity contribution >= 4 is 28.5 Å². The van der Waals surface area contributed by atoms with E-state index in [2.05, 4.69) is 16.0 Å². The number of rotatable bonds is 13. The van der Waals surface area contributed by atoms with Crippen LogP contribution in [-0.4, -0.2) is 42.3 Å². The molecule has 0 unspecified atom stereocenters. The third-order valence-electron chi connectivity index (χ3n) is 5.67. The van der Waals surface area contributed by atoms with Crippen LogP contribution >= 0.6 is 11.6 Å². The molecule has 1 amide bonds. The van der Waals surface area contributed by atoms with Crippen LogP contribution in [0.5, 0.6) is 17.2 Å². The van der Waals surface area contributed by atoms with Crippen molar-refractivity contribution in [2.45, 2.75) is 25.8 Å². The fourth-order valence-electron chi connectivity index (χ4n) is 3.91. The molecule has 0 spiro atoms. The summed E-state index contributed by atoms with van der Waals surface area (Å²) in [4.78, 5) is 17.0. The summed E-state index contributed by atoms with van der Waals surface area (Å²) in [6.07, 6.45) is 2.35. The molecule has 0 bridgehead atoms. The zero-order chi connectivity index (χ0) is 25.2. The van der Waals surface area contributed by atoms with Crippen LogP contribution in [0, 0.1) is 0 Å². The molecule has 0 saturated carbocycles. The van der Waals surface area contributed by atoms with Gasteiger partial charge in [-0.2, -0.15) is 0 Å². The maximum Gasteiger partial charge on any atom is 0.257 e. The number of halogens is 1. The van der Waals surface area contributed by atoms with Gasteiger partial charge in [-0.1, -0.05) is 35.9 Å². The molecule has 4 rings (SSSR count). The van der Waals surface area contributed by atoms with E-state index in [0.29, 0.717) is 23.9 Å². The average molecular weight is 508 g/mol. The Morgan fingerprint density at radius 3 is 2.50 bits per heavy atom. The molecule has 0 aliphatic carbocycles. The molecule has 1 heterocycles. The summed E-state index contributed by atoms with van der Waals surface area (Å²) in [7, 11) is 1.64. The number of hydrogen-bond acceptors (Lipinski definition) is 5. The van der Waals surface area contributed by atoms with Crippen molar-refractivity contribution in [3.8, 4) is 17.2 Å². The lowest BCUT2D eigenvalue weighted by Gasteiger charge is -2.12. The van der Waals surface area contributed by atoms with Gasteiger partial charge in [0.2, 0.25) is 0 Å². The highest BCUT2D eigenvalue weighted by atomic mass is 35.5. The van der Waals surface area contributed by atoms with Crippen molar-refractivity contribution in [3.63, 3.8) is 0 Å². The number of carbonyl (C=O) groups is 1. The molecule has 3 aromatic carbocycles. The molecule has 0 radical (unpaired) electrons. The van der Waals surface area contributed by atoms with Crippen LogP contribution in [-0.2, 0) is 17.8 Å². The van der Waals surface area contributed by atoms with E-state index in [1.165, 1.54) is 0 Å². The molecule has 36 heavy (non-hydrogen) atoms. The van der Waals surface area contributed by atoms with Crippen LogP contribution in [0.4, 0.5) is 0 Å². The molecule has 1 N–H and O–H groups in total. The Morgan fingerprint density at radius 1 is 0.944 bits per heavy atom. The van der Waals surface area contributed by atoms with Crippen molar-refractivity contribution < 1.29 is 19.0 Å². The first kappa shape index (κ1) is 25.4. The Morgan fingerprint density at radius 2 is 1.69 bits per heavy atom. The molecule has 0 fully saturated rings. The monoisotopic (exact) mass is 507 g/mol. The van der Waals surface area contributed by atoms with Crippen molar-refractivity contribution in [1.82, 2.24) is 14.9 Å². The minimum absolute atomic E-state index is 0.0354. The number of benzene rings is 3. The van der Waals surface area contributed by atoms with Gasteiger partial charge in [-0.15, -0.1) is 0 Å². The van der Waals surface area contributed by atoms with Crippen LogP contribution in [0.15, 0.2) is 72.8 Å². The predicted molar refractivity (Wildman–Crippen MR) is 141 cm³/mol. The molecule has 0 aliphatic rings. The Labute approximate surface area is 216 Å². The minimum atomic E-state index is -0.160. The van der Waals surface area contributed by atoms with Gasteiger partial charge in [0.05, 0.1) is 24.8 Å². The van der Waals surface area contributed by atoms with Gasteiger partial charge in [0, 0.05) is 24.5 Å². The zero-order valence-corrected chi connectivity index (χ0v) is 21.0. The van der Waals surface area contributed by atoms with Crippen molar-refractivity contribution in [2.75, 3.05) is 26.9 Å². The molecule has 4 aromatic rings. The second-order valence-electron chi connectivity index (χ2n) is 8.22. The van der Waals surface area contributed by atoms with Crippen molar-refractivity contribution in [3.05, 3.63) is 83.6 Å². The smallest absolute Gasteiger partial charge is 0.257 e. The number of aryl methyl sites for hydroxylation is 2. The van der Waals surface area contributed by atoms with E-state index in [1.807, 2.05) is 42.5 Å². The number of methoxy groups -OCH3 is 1. The molecule has 0 saturated heterocycles. The van der Waals surface area contributed by atoms with Gasteiger partial charge in [0.1, 0.15) is 11.6 Å². The van der Waals surface area contributed by atoms with Crippen LogP contribution in [0.2, 0.25) is 5.02 Å². The van der Waals surface area contributed by atoms with Gasteiger partial charge in [0.25, 0.3) is 5.91 Å². The number of nitrogens with zero attached hydrogens (tertiary/aromatic N) is 2. The predicted octanol–water partition coefficient (Wildman–Crippen LogP) is 5.30. The van der Waals surface area contributed by atoms with E-state index in [-0.39, 0.29) is 12.5 Å². The number of ether oxygens (including phenoxy) is 3. The molecule has 0 atom stereocenters. The third-order valence-corrected chi connectivity index (χ3v) is 5.92. The lowest BCUT2D eigenvalue weighted by Crippen LogP contribution is -2.30. The molecular formula is C28H30ClN3O4. The number of amides is 1. The van der Waals surface area contributed by atoms with E-state index < -0.39 is 0 Å². The molecule has 8 heteroatoms. The molecule has 188 valence electrons. The third kappa shape index (κ3) is 6.92. The second-order valence-corrected chi connectivity index (χ2v) is 8.65. The summed E-state index contributed by atoms with van der Waals surface area (Å²) in [5, 5.41) is 3.54. The number of carbonyl (C=O) groups excluding carboxylic acids is 1. The average Bonchev–Trinajstić information content (AvgIpc) is 3.26. The molecule has 7 nitrogen and oxygen atoms in total. The lowest BCUT2D eigenvalue weighted by molar-refractivity contribution is -0.123. The first-order chi connectivity index (χ1) is 17.6. The Bertz CT molecular complexity index is 1270. The van der Waals surface area contributed by atoms with Gasteiger partial charge < -0.3 is 24.1 Å². The van der Waals surface area contributed by atoms with Crippen LogP contribution in [0.25, 0.3) is 11.0 Å². The summed E-state index contributed by atoms with van der Waals surface area (Å²) in [6.45, 7) is 1.86. The van der Waals surface area contributed by atoms with E-state index >= 15 is 0 Å². The van der Waals surface area contributed by atoms with Gasteiger partial charge in [0.15, 0.2) is 18.1 Å². The first-order valence-electron chi connectivity index (χ1n) is 12.0. The van der Waals surface area contributed by atoms with Gasteiger partial charge in [-0.25, -0.2) is 4.98 Å². The largest absolute Gasteiger partial charge is 0.493 e. The van der Waals surface area contributed by atoms with Crippen LogP contribution < -0.4 is 19.5 Å². The number of aromatic nitrogens is 2. The summed E-state index contributed by atoms with van der Waals surface area (Å²) >= 11 is 5.87. The highest BCUT2D eigenvalue weighted by Crippen LogP contribution is 2.26. The quantitative estimate of drug-likeness (QED) is 0.249. The number of imidazole rings is 1. The number of para-hydroxylation sites is 4.